The Hall–Kier alpha value is -3.53. The van der Waals surface area contributed by atoms with Crippen LogP contribution in [-0.4, -0.2) is 70.1 Å². The van der Waals surface area contributed by atoms with Gasteiger partial charge in [-0.25, -0.2) is 4.79 Å². The summed E-state index contributed by atoms with van der Waals surface area (Å²) in [6.45, 7) is 11.7. The van der Waals surface area contributed by atoms with E-state index in [4.69, 9.17) is 4.74 Å². The molecular weight excluding hydrogens is 439 g/mol. The largest absolute Gasteiger partial charge is 0.447 e. The van der Waals surface area contributed by atoms with E-state index in [1.807, 2.05) is 30.9 Å². The van der Waals surface area contributed by atoms with Crippen LogP contribution in [0.3, 0.4) is 0 Å². The normalized spacial score (nSPS) is 18.0. The minimum Gasteiger partial charge on any atom is -0.447 e. The standard InChI is InChI=1S/C24H29FN6O3/c1-4-21(32)30-11-9-29(10-12-30)15-18-7-5-17(6-8-18)14-26-22-27-19(25)13-20(28-22)31-23(33)34-16-24(31,2)3/h4-8,13H,1,9-12,14-16H2,2-3H3,(H,26,27,28). The van der Waals surface area contributed by atoms with Gasteiger partial charge in [-0.05, 0) is 31.1 Å². The third-order valence-electron chi connectivity index (χ3n) is 5.99. The van der Waals surface area contributed by atoms with Crippen molar-refractivity contribution in [2.75, 3.05) is 43.0 Å². The number of rotatable bonds is 7. The molecule has 1 N–H and O–H groups in total. The first kappa shape index (κ1) is 23.6. The highest BCUT2D eigenvalue weighted by Crippen LogP contribution is 2.29. The Morgan fingerprint density at radius 1 is 1.18 bits per heavy atom. The molecule has 34 heavy (non-hydrogen) atoms. The maximum atomic E-state index is 14.1. The van der Waals surface area contributed by atoms with Crippen molar-refractivity contribution in [2.45, 2.75) is 32.5 Å². The van der Waals surface area contributed by atoms with Crippen molar-refractivity contribution < 1.29 is 18.7 Å². The number of nitrogens with one attached hydrogen (secondary N) is 1. The van der Waals surface area contributed by atoms with Gasteiger partial charge in [0.1, 0.15) is 12.4 Å². The SMILES string of the molecule is C=CC(=O)N1CCN(Cc2ccc(CNc3nc(F)cc(N4C(=O)OCC4(C)C)n3)cc2)CC1. The van der Waals surface area contributed by atoms with Gasteiger partial charge < -0.3 is 15.0 Å². The number of anilines is 2. The summed E-state index contributed by atoms with van der Waals surface area (Å²) < 4.78 is 19.2. The number of ether oxygens (including phenoxy) is 1. The van der Waals surface area contributed by atoms with Crippen LogP contribution in [0.2, 0.25) is 0 Å². The second-order valence-electron chi connectivity index (χ2n) is 9.05. The first-order chi connectivity index (χ1) is 16.2. The van der Waals surface area contributed by atoms with Crippen LogP contribution < -0.4 is 10.2 Å². The summed E-state index contributed by atoms with van der Waals surface area (Å²) >= 11 is 0. The van der Waals surface area contributed by atoms with E-state index in [0.29, 0.717) is 19.6 Å². The van der Waals surface area contributed by atoms with Gasteiger partial charge in [0.25, 0.3) is 0 Å². The number of cyclic esters (lactones) is 1. The van der Waals surface area contributed by atoms with Gasteiger partial charge in [0.05, 0.1) is 5.54 Å². The molecule has 2 fully saturated rings. The molecule has 9 nitrogen and oxygen atoms in total. The molecule has 2 amide bonds. The minimum absolute atomic E-state index is 0.0185. The molecule has 2 aliphatic rings. The molecule has 0 atom stereocenters. The van der Waals surface area contributed by atoms with Crippen LogP contribution in [0.15, 0.2) is 43.0 Å². The Bertz CT molecular complexity index is 1070. The number of hydrogen-bond donors (Lipinski definition) is 1. The van der Waals surface area contributed by atoms with Gasteiger partial charge in [-0.3, -0.25) is 14.6 Å². The Morgan fingerprint density at radius 3 is 2.47 bits per heavy atom. The highest BCUT2D eigenvalue weighted by molar-refractivity contribution is 5.90. The summed E-state index contributed by atoms with van der Waals surface area (Å²) in [6.07, 6.45) is 0.803. The van der Waals surface area contributed by atoms with E-state index < -0.39 is 17.6 Å². The summed E-state index contributed by atoms with van der Waals surface area (Å²) in [5, 5.41) is 3.03. The smallest absolute Gasteiger partial charge is 0.416 e. The van der Waals surface area contributed by atoms with Gasteiger partial charge in [-0.1, -0.05) is 30.8 Å². The first-order valence-corrected chi connectivity index (χ1v) is 11.2. The number of halogens is 1. The maximum absolute atomic E-state index is 14.1. The molecule has 0 radical (unpaired) electrons. The van der Waals surface area contributed by atoms with Gasteiger partial charge >= 0.3 is 6.09 Å². The Morgan fingerprint density at radius 2 is 1.85 bits per heavy atom. The summed E-state index contributed by atoms with van der Waals surface area (Å²) in [5.74, 6) is -0.488. The van der Waals surface area contributed by atoms with Gasteiger partial charge in [0.2, 0.25) is 17.8 Å². The third-order valence-corrected chi connectivity index (χ3v) is 5.99. The molecule has 3 heterocycles. The van der Waals surface area contributed by atoms with Crippen molar-refractivity contribution in [1.29, 1.82) is 0 Å². The molecular formula is C24H29FN6O3. The summed E-state index contributed by atoms with van der Waals surface area (Å²) in [4.78, 5) is 37.4. The van der Waals surface area contributed by atoms with Crippen molar-refractivity contribution in [1.82, 2.24) is 19.8 Å². The lowest BCUT2D eigenvalue weighted by molar-refractivity contribution is -0.127. The van der Waals surface area contributed by atoms with E-state index >= 15 is 0 Å². The molecule has 0 aliphatic carbocycles. The van der Waals surface area contributed by atoms with Crippen molar-refractivity contribution in [3.8, 4) is 0 Å². The first-order valence-electron chi connectivity index (χ1n) is 11.2. The van der Waals surface area contributed by atoms with Crippen LogP contribution in [-0.2, 0) is 22.6 Å². The van der Waals surface area contributed by atoms with Gasteiger partial charge in [-0.15, -0.1) is 0 Å². The predicted octanol–water partition coefficient (Wildman–Crippen LogP) is 2.79. The Kier molecular flexibility index (Phi) is 6.78. The fourth-order valence-corrected chi connectivity index (χ4v) is 4.07. The number of hydrogen-bond acceptors (Lipinski definition) is 7. The molecule has 10 heteroatoms. The van der Waals surface area contributed by atoms with Crippen LogP contribution >= 0.6 is 0 Å². The Balaban J connectivity index is 1.33. The zero-order chi connectivity index (χ0) is 24.3. The average molecular weight is 469 g/mol. The topological polar surface area (TPSA) is 90.9 Å². The number of carbonyl (C=O) groups excluding carboxylic acids is 2. The number of amides is 2. The number of aromatic nitrogens is 2. The van der Waals surface area contributed by atoms with E-state index in [0.717, 1.165) is 31.3 Å². The van der Waals surface area contributed by atoms with Gasteiger partial charge in [0, 0.05) is 45.3 Å². The number of benzene rings is 1. The lowest BCUT2D eigenvalue weighted by Crippen LogP contribution is -2.47. The van der Waals surface area contributed by atoms with Crippen molar-refractivity contribution in [3.63, 3.8) is 0 Å². The monoisotopic (exact) mass is 468 g/mol. The molecule has 0 bridgehead atoms. The maximum Gasteiger partial charge on any atom is 0.416 e. The van der Waals surface area contributed by atoms with Crippen LogP contribution in [0.1, 0.15) is 25.0 Å². The van der Waals surface area contributed by atoms with E-state index in [-0.39, 0.29) is 24.3 Å². The molecule has 2 aromatic rings. The van der Waals surface area contributed by atoms with Crippen LogP contribution in [0.4, 0.5) is 21.0 Å². The van der Waals surface area contributed by atoms with E-state index in [1.54, 1.807) is 0 Å². The van der Waals surface area contributed by atoms with Crippen molar-refractivity contribution >= 4 is 23.8 Å². The lowest BCUT2D eigenvalue weighted by atomic mass is 10.1. The van der Waals surface area contributed by atoms with Crippen LogP contribution in [0.25, 0.3) is 0 Å². The fraction of sp³-hybridized carbons (Fsp3) is 0.417. The van der Waals surface area contributed by atoms with Crippen LogP contribution in [0.5, 0.6) is 0 Å². The van der Waals surface area contributed by atoms with E-state index in [9.17, 15) is 14.0 Å². The molecule has 180 valence electrons. The average Bonchev–Trinajstić information content (AvgIpc) is 3.10. The third kappa shape index (κ3) is 5.33. The molecule has 4 rings (SSSR count). The summed E-state index contributed by atoms with van der Waals surface area (Å²) in [5.41, 5.74) is 1.53. The molecule has 0 saturated carbocycles. The number of nitrogens with zero attached hydrogens (tertiary/aromatic N) is 5. The second-order valence-corrected chi connectivity index (χ2v) is 9.05. The van der Waals surface area contributed by atoms with Gasteiger partial charge in [0.15, 0.2) is 0 Å². The second kappa shape index (κ2) is 9.76. The molecule has 1 aromatic heterocycles. The number of piperazine rings is 1. The summed E-state index contributed by atoms with van der Waals surface area (Å²) in [7, 11) is 0. The van der Waals surface area contributed by atoms with Crippen molar-refractivity contribution in [2.24, 2.45) is 0 Å². The fourth-order valence-electron chi connectivity index (χ4n) is 4.07. The minimum atomic E-state index is -0.728. The lowest BCUT2D eigenvalue weighted by Gasteiger charge is -2.34. The highest BCUT2D eigenvalue weighted by atomic mass is 19.1. The van der Waals surface area contributed by atoms with E-state index in [1.165, 1.54) is 16.5 Å². The number of carbonyl (C=O) groups is 2. The zero-order valence-corrected chi connectivity index (χ0v) is 19.5. The molecule has 2 saturated heterocycles. The van der Waals surface area contributed by atoms with E-state index in [2.05, 4.69) is 38.9 Å². The van der Waals surface area contributed by atoms with Crippen LogP contribution in [0, 0.1) is 5.95 Å². The molecule has 1 aromatic carbocycles. The molecule has 0 unspecified atom stereocenters. The predicted molar refractivity (Wildman–Crippen MR) is 126 cm³/mol. The quantitative estimate of drug-likeness (QED) is 0.494. The Labute approximate surface area is 198 Å². The highest BCUT2D eigenvalue weighted by Gasteiger charge is 2.42. The molecule has 2 aliphatic heterocycles. The van der Waals surface area contributed by atoms with Gasteiger partial charge in [-0.2, -0.15) is 14.4 Å². The zero-order valence-electron chi connectivity index (χ0n) is 19.5. The molecule has 0 spiro atoms. The van der Waals surface area contributed by atoms with Crippen molar-refractivity contribution in [3.05, 3.63) is 60.1 Å². The summed E-state index contributed by atoms with van der Waals surface area (Å²) in [6, 6.07) is 9.24.